The smallest absolute Gasteiger partial charge is 0.382 e. The van der Waals surface area contributed by atoms with Gasteiger partial charge in [0.25, 0.3) is 0 Å². The summed E-state index contributed by atoms with van der Waals surface area (Å²) in [5.74, 6) is 0. The monoisotopic (exact) mass is 317 g/mol. The van der Waals surface area contributed by atoms with Gasteiger partial charge < -0.3 is 10.8 Å². The Morgan fingerprint density at radius 3 is 2.44 bits per heavy atom. The van der Waals surface area contributed by atoms with Crippen molar-refractivity contribution in [3.63, 3.8) is 0 Å². The Morgan fingerprint density at radius 1 is 1.38 bits per heavy atom. The summed E-state index contributed by atoms with van der Waals surface area (Å²) < 4.78 is 37.1. The summed E-state index contributed by atoms with van der Waals surface area (Å²) in [5, 5.41) is 9.26. The molecular weight excluding hydrogens is 310 g/mol. The van der Waals surface area contributed by atoms with Crippen LogP contribution in [0.1, 0.15) is 11.6 Å². The SMILES string of the molecule is N[C@H](c1cc(Cl)ccc1Br)[C@@H](O)C(F)(F)F. The predicted molar refractivity (Wildman–Crippen MR) is 58.1 cm³/mol. The quantitative estimate of drug-likeness (QED) is 0.880. The molecule has 0 aliphatic carbocycles. The van der Waals surface area contributed by atoms with Gasteiger partial charge in [0.2, 0.25) is 0 Å². The maximum atomic E-state index is 12.2. The number of aliphatic hydroxyl groups excluding tert-OH is 1. The number of halogens is 5. The first-order chi connectivity index (χ1) is 7.23. The van der Waals surface area contributed by atoms with Crippen molar-refractivity contribution in [2.45, 2.75) is 18.3 Å². The topological polar surface area (TPSA) is 46.2 Å². The van der Waals surface area contributed by atoms with Crippen LogP contribution in [0, 0.1) is 0 Å². The number of nitrogens with two attached hydrogens (primary N) is 1. The fourth-order valence-electron chi connectivity index (χ4n) is 1.14. The van der Waals surface area contributed by atoms with Crippen LogP contribution in [-0.4, -0.2) is 17.4 Å². The van der Waals surface area contributed by atoms with Crippen molar-refractivity contribution in [2.75, 3.05) is 0 Å². The number of hydrogen-bond acceptors (Lipinski definition) is 2. The molecule has 0 saturated carbocycles. The lowest BCUT2D eigenvalue weighted by atomic mass is 10.0. The van der Waals surface area contributed by atoms with E-state index in [0.29, 0.717) is 4.47 Å². The molecule has 7 heteroatoms. The van der Waals surface area contributed by atoms with E-state index in [1.807, 2.05) is 0 Å². The maximum Gasteiger partial charge on any atom is 0.416 e. The summed E-state index contributed by atoms with van der Waals surface area (Å²) in [6, 6.07) is 2.68. The van der Waals surface area contributed by atoms with Crippen molar-refractivity contribution in [3.05, 3.63) is 33.3 Å². The van der Waals surface area contributed by atoms with Crippen molar-refractivity contribution < 1.29 is 18.3 Å². The minimum absolute atomic E-state index is 0.109. The summed E-state index contributed by atoms with van der Waals surface area (Å²) in [5.41, 5.74) is 5.44. The molecule has 0 saturated heterocycles. The fraction of sp³-hybridized carbons (Fsp3) is 0.333. The third-order valence-corrected chi connectivity index (χ3v) is 2.95. The zero-order chi connectivity index (χ0) is 12.5. The molecule has 16 heavy (non-hydrogen) atoms. The molecule has 0 spiro atoms. The zero-order valence-electron chi connectivity index (χ0n) is 7.80. The molecule has 3 N–H and O–H groups in total. The van der Waals surface area contributed by atoms with Gasteiger partial charge >= 0.3 is 6.18 Å². The van der Waals surface area contributed by atoms with Crippen LogP contribution < -0.4 is 5.73 Å². The Balaban J connectivity index is 3.05. The van der Waals surface area contributed by atoms with E-state index in [-0.39, 0.29) is 10.6 Å². The van der Waals surface area contributed by atoms with Gasteiger partial charge in [-0.2, -0.15) is 13.2 Å². The summed E-state index contributed by atoms with van der Waals surface area (Å²) in [7, 11) is 0. The van der Waals surface area contributed by atoms with Gasteiger partial charge in [-0.3, -0.25) is 0 Å². The molecule has 0 fully saturated rings. The van der Waals surface area contributed by atoms with E-state index >= 15 is 0 Å². The Hall–Kier alpha value is -0.300. The highest BCUT2D eigenvalue weighted by Gasteiger charge is 2.43. The molecule has 2 atom stereocenters. The second kappa shape index (κ2) is 4.91. The van der Waals surface area contributed by atoms with Crippen LogP contribution in [0.2, 0.25) is 5.02 Å². The van der Waals surface area contributed by atoms with Crippen LogP contribution in [-0.2, 0) is 0 Å². The van der Waals surface area contributed by atoms with Crippen molar-refractivity contribution in [1.29, 1.82) is 0 Å². The number of hydrogen-bond donors (Lipinski definition) is 2. The largest absolute Gasteiger partial charge is 0.416 e. The fourth-order valence-corrected chi connectivity index (χ4v) is 1.84. The molecule has 0 amide bonds. The second-order valence-corrected chi connectivity index (χ2v) is 4.47. The van der Waals surface area contributed by atoms with Crippen LogP contribution in [0.15, 0.2) is 22.7 Å². The van der Waals surface area contributed by atoms with Crippen molar-refractivity contribution >= 4 is 27.5 Å². The third-order valence-electron chi connectivity index (χ3n) is 1.99. The lowest BCUT2D eigenvalue weighted by molar-refractivity contribution is -0.210. The van der Waals surface area contributed by atoms with E-state index in [1.165, 1.54) is 18.2 Å². The highest BCUT2D eigenvalue weighted by atomic mass is 79.9. The minimum Gasteiger partial charge on any atom is -0.382 e. The number of aliphatic hydroxyl groups is 1. The maximum absolute atomic E-state index is 12.2. The Labute approximate surface area is 103 Å². The molecule has 0 aliphatic heterocycles. The summed E-state index contributed by atoms with van der Waals surface area (Å²) in [4.78, 5) is 0. The number of alkyl halides is 3. The van der Waals surface area contributed by atoms with Gasteiger partial charge in [0.15, 0.2) is 6.10 Å². The van der Waals surface area contributed by atoms with Crippen LogP contribution >= 0.6 is 27.5 Å². The van der Waals surface area contributed by atoms with Crippen molar-refractivity contribution in [2.24, 2.45) is 5.73 Å². The highest BCUT2D eigenvalue weighted by molar-refractivity contribution is 9.10. The predicted octanol–water partition coefficient (Wildman–Crippen LogP) is 3.03. The normalized spacial score (nSPS) is 15.9. The van der Waals surface area contributed by atoms with E-state index in [1.54, 1.807) is 0 Å². The second-order valence-electron chi connectivity index (χ2n) is 3.18. The van der Waals surface area contributed by atoms with Crippen LogP contribution in [0.4, 0.5) is 13.2 Å². The molecule has 90 valence electrons. The van der Waals surface area contributed by atoms with Crippen molar-refractivity contribution in [1.82, 2.24) is 0 Å². The highest BCUT2D eigenvalue weighted by Crippen LogP contribution is 2.33. The molecule has 1 aromatic rings. The molecule has 1 aromatic carbocycles. The van der Waals surface area contributed by atoms with Crippen LogP contribution in [0.3, 0.4) is 0 Å². The van der Waals surface area contributed by atoms with Gasteiger partial charge in [-0.1, -0.05) is 27.5 Å². The minimum atomic E-state index is -4.76. The number of rotatable bonds is 2. The van der Waals surface area contributed by atoms with E-state index in [9.17, 15) is 13.2 Å². The Bertz CT molecular complexity index is 386. The molecule has 1 rings (SSSR count). The average molecular weight is 319 g/mol. The van der Waals surface area contributed by atoms with Gasteiger partial charge in [-0.05, 0) is 23.8 Å². The number of benzene rings is 1. The van der Waals surface area contributed by atoms with Crippen molar-refractivity contribution in [3.8, 4) is 0 Å². The van der Waals surface area contributed by atoms with Gasteiger partial charge in [0.1, 0.15) is 0 Å². The molecule has 0 heterocycles. The molecule has 0 aromatic heterocycles. The lowest BCUT2D eigenvalue weighted by Crippen LogP contribution is -2.39. The van der Waals surface area contributed by atoms with Gasteiger partial charge in [0, 0.05) is 9.50 Å². The van der Waals surface area contributed by atoms with Crippen LogP contribution in [0.5, 0.6) is 0 Å². The Kier molecular flexibility index (Phi) is 4.23. The molecule has 0 radical (unpaired) electrons. The average Bonchev–Trinajstić information content (AvgIpc) is 2.18. The van der Waals surface area contributed by atoms with Gasteiger partial charge in [-0.15, -0.1) is 0 Å². The van der Waals surface area contributed by atoms with E-state index < -0.39 is 18.3 Å². The summed E-state index contributed by atoms with van der Waals surface area (Å²) >= 11 is 8.69. The first kappa shape index (κ1) is 13.8. The molecule has 0 bridgehead atoms. The van der Waals surface area contributed by atoms with Crippen LogP contribution in [0.25, 0.3) is 0 Å². The zero-order valence-corrected chi connectivity index (χ0v) is 10.1. The first-order valence-corrected chi connectivity index (χ1v) is 5.36. The molecular formula is C9H8BrClF3NO. The van der Waals surface area contributed by atoms with E-state index in [4.69, 9.17) is 22.4 Å². The summed E-state index contributed by atoms with van der Waals surface area (Å²) in [6.07, 6.45) is -7.39. The standard InChI is InChI=1S/C9H8BrClF3NO/c10-6-2-1-4(11)3-5(6)7(15)8(16)9(12,13)14/h1-3,7-8,16H,15H2/t7-,8-/m1/s1. The third kappa shape index (κ3) is 3.10. The van der Waals surface area contributed by atoms with Gasteiger partial charge in [-0.25, -0.2) is 0 Å². The Morgan fingerprint density at radius 2 is 1.94 bits per heavy atom. The van der Waals surface area contributed by atoms with E-state index in [2.05, 4.69) is 15.9 Å². The molecule has 0 unspecified atom stereocenters. The molecule has 0 aliphatic rings. The first-order valence-electron chi connectivity index (χ1n) is 4.19. The molecule has 2 nitrogen and oxygen atoms in total. The summed E-state index contributed by atoms with van der Waals surface area (Å²) in [6.45, 7) is 0. The lowest BCUT2D eigenvalue weighted by Gasteiger charge is -2.22. The van der Waals surface area contributed by atoms with E-state index in [0.717, 1.165) is 0 Å². The van der Waals surface area contributed by atoms with Gasteiger partial charge in [0.05, 0.1) is 6.04 Å².